The van der Waals surface area contributed by atoms with Gasteiger partial charge in [0.15, 0.2) is 0 Å². The third-order valence-electron chi connectivity index (χ3n) is 4.00. The molecule has 7 nitrogen and oxygen atoms in total. The molecule has 0 bridgehead atoms. The molecule has 1 aromatic heterocycles. The summed E-state index contributed by atoms with van der Waals surface area (Å²) >= 11 is 1.25. The van der Waals surface area contributed by atoms with E-state index in [0.29, 0.717) is 10.7 Å². The fraction of sp³-hybridized carbons (Fsp3) is 0.150. The summed E-state index contributed by atoms with van der Waals surface area (Å²) in [6.07, 6.45) is 0. The molecule has 0 fully saturated rings. The van der Waals surface area contributed by atoms with Crippen LogP contribution in [0.2, 0.25) is 0 Å². The highest BCUT2D eigenvalue weighted by Crippen LogP contribution is 2.24. The van der Waals surface area contributed by atoms with Gasteiger partial charge in [-0.15, -0.1) is 10.2 Å². The Kier molecular flexibility index (Phi) is 6.00. The number of nitrogens with one attached hydrogen (secondary N) is 1. The molecular formula is C20H18N4O3S. The van der Waals surface area contributed by atoms with Crippen molar-refractivity contribution in [2.75, 3.05) is 11.1 Å². The zero-order valence-corrected chi connectivity index (χ0v) is 16.2. The van der Waals surface area contributed by atoms with Gasteiger partial charge in [0.1, 0.15) is 5.03 Å². The summed E-state index contributed by atoms with van der Waals surface area (Å²) < 4.78 is 0. The Balaban J connectivity index is 1.60. The van der Waals surface area contributed by atoms with Crippen LogP contribution < -0.4 is 5.32 Å². The van der Waals surface area contributed by atoms with Crippen molar-refractivity contribution in [2.24, 2.45) is 0 Å². The quantitative estimate of drug-likeness (QED) is 0.378. The van der Waals surface area contributed by atoms with Gasteiger partial charge in [-0.1, -0.05) is 35.5 Å². The van der Waals surface area contributed by atoms with Crippen molar-refractivity contribution in [3.05, 3.63) is 75.8 Å². The first-order chi connectivity index (χ1) is 13.4. The molecule has 0 atom stereocenters. The fourth-order valence-corrected chi connectivity index (χ4v) is 3.20. The summed E-state index contributed by atoms with van der Waals surface area (Å²) in [4.78, 5) is 22.4. The molecule has 142 valence electrons. The molecular weight excluding hydrogens is 376 g/mol. The number of nitro groups is 1. The highest BCUT2D eigenvalue weighted by Gasteiger charge is 2.10. The Morgan fingerprint density at radius 2 is 1.93 bits per heavy atom. The first-order valence-electron chi connectivity index (χ1n) is 8.51. The molecule has 0 aliphatic rings. The van der Waals surface area contributed by atoms with Gasteiger partial charge in [-0.2, -0.15) is 0 Å². The average Bonchev–Trinajstić information content (AvgIpc) is 2.69. The molecule has 1 N–H and O–H groups in total. The highest BCUT2D eigenvalue weighted by atomic mass is 32.2. The Labute approximate surface area is 166 Å². The van der Waals surface area contributed by atoms with Gasteiger partial charge in [-0.05, 0) is 43.7 Å². The van der Waals surface area contributed by atoms with Crippen LogP contribution in [0.1, 0.15) is 11.1 Å². The molecule has 0 aliphatic heterocycles. The standard InChI is InChI=1S/C20H18N4O3S/c1-13-6-7-14(2)17(10-13)18-8-9-20(23-22-18)28-12-19(25)21-15-4-3-5-16(11-15)24(26)27/h3-11H,12H2,1-2H3,(H,21,25). The first-order valence-corrected chi connectivity index (χ1v) is 9.49. The Morgan fingerprint density at radius 1 is 1.11 bits per heavy atom. The second-order valence-corrected chi connectivity index (χ2v) is 7.22. The lowest BCUT2D eigenvalue weighted by atomic mass is 10.0. The van der Waals surface area contributed by atoms with Crippen molar-refractivity contribution in [1.29, 1.82) is 0 Å². The van der Waals surface area contributed by atoms with Gasteiger partial charge in [0.05, 0.1) is 16.4 Å². The van der Waals surface area contributed by atoms with Crippen molar-refractivity contribution in [3.8, 4) is 11.3 Å². The maximum atomic E-state index is 12.1. The number of carbonyl (C=O) groups is 1. The third-order valence-corrected chi connectivity index (χ3v) is 4.92. The molecule has 0 saturated carbocycles. The van der Waals surface area contributed by atoms with Gasteiger partial charge in [0, 0.05) is 23.4 Å². The van der Waals surface area contributed by atoms with Crippen LogP contribution in [-0.2, 0) is 4.79 Å². The minimum atomic E-state index is -0.502. The van der Waals surface area contributed by atoms with Gasteiger partial charge in [-0.25, -0.2) is 0 Å². The summed E-state index contributed by atoms with van der Waals surface area (Å²) in [5.74, 6) is -0.147. The number of aromatic nitrogens is 2. The zero-order valence-electron chi connectivity index (χ0n) is 15.4. The molecule has 1 heterocycles. The fourth-order valence-electron chi connectivity index (χ4n) is 2.59. The predicted molar refractivity (Wildman–Crippen MR) is 109 cm³/mol. The largest absolute Gasteiger partial charge is 0.325 e. The number of hydrogen-bond acceptors (Lipinski definition) is 6. The predicted octanol–water partition coefficient (Wildman–Crippen LogP) is 4.40. The van der Waals surface area contributed by atoms with E-state index in [1.165, 1.54) is 30.0 Å². The number of anilines is 1. The minimum absolute atomic E-state index is 0.0710. The molecule has 8 heteroatoms. The topological polar surface area (TPSA) is 98.0 Å². The van der Waals surface area contributed by atoms with Crippen LogP contribution in [0.4, 0.5) is 11.4 Å². The number of carbonyl (C=O) groups excluding carboxylic acids is 1. The number of thioether (sulfide) groups is 1. The van der Waals surface area contributed by atoms with E-state index in [4.69, 9.17) is 0 Å². The zero-order chi connectivity index (χ0) is 20.1. The molecule has 3 aromatic rings. The van der Waals surface area contributed by atoms with E-state index in [-0.39, 0.29) is 17.3 Å². The molecule has 1 amide bonds. The maximum Gasteiger partial charge on any atom is 0.271 e. The number of amides is 1. The lowest BCUT2D eigenvalue weighted by Crippen LogP contribution is -2.14. The molecule has 0 saturated heterocycles. The Hall–Kier alpha value is -3.26. The normalized spacial score (nSPS) is 10.5. The number of nitro benzene ring substituents is 1. The Morgan fingerprint density at radius 3 is 2.64 bits per heavy atom. The van der Waals surface area contributed by atoms with Gasteiger partial charge >= 0.3 is 0 Å². The van der Waals surface area contributed by atoms with Crippen molar-refractivity contribution in [3.63, 3.8) is 0 Å². The lowest BCUT2D eigenvalue weighted by molar-refractivity contribution is -0.384. The highest BCUT2D eigenvalue weighted by molar-refractivity contribution is 7.99. The van der Waals surface area contributed by atoms with E-state index >= 15 is 0 Å². The van der Waals surface area contributed by atoms with Crippen LogP contribution in [0, 0.1) is 24.0 Å². The summed E-state index contributed by atoms with van der Waals surface area (Å²) in [5.41, 5.74) is 4.41. The van der Waals surface area contributed by atoms with Gasteiger partial charge in [0.2, 0.25) is 5.91 Å². The second-order valence-electron chi connectivity index (χ2n) is 6.22. The maximum absolute atomic E-state index is 12.1. The van der Waals surface area contributed by atoms with Crippen molar-refractivity contribution < 1.29 is 9.72 Å². The molecule has 0 aliphatic carbocycles. The molecule has 28 heavy (non-hydrogen) atoms. The Bertz CT molecular complexity index is 1020. The van der Waals surface area contributed by atoms with E-state index in [9.17, 15) is 14.9 Å². The van der Waals surface area contributed by atoms with Gasteiger partial charge < -0.3 is 5.32 Å². The van der Waals surface area contributed by atoms with Crippen LogP contribution in [0.25, 0.3) is 11.3 Å². The van der Waals surface area contributed by atoms with E-state index in [1.807, 2.05) is 32.0 Å². The lowest BCUT2D eigenvalue weighted by Gasteiger charge is -2.07. The van der Waals surface area contributed by atoms with Crippen LogP contribution >= 0.6 is 11.8 Å². The van der Waals surface area contributed by atoms with Crippen LogP contribution in [-0.4, -0.2) is 26.8 Å². The van der Waals surface area contributed by atoms with Crippen LogP contribution in [0.3, 0.4) is 0 Å². The van der Waals surface area contributed by atoms with Gasteiger partial charge in [-0.3, -0.25) is 14.9 Å². The smallest absolute Gasteiger partial charge is 0.271 e. The number of nitrogens with zero attached hydrogens (tertiary/aromatic N) is 3. The van der Waals surface area contributed by atoms with E-state index < -0.39 is 4.92 Å². The van der Waals surface area contributed by atoms with Gasteiger partial charge in [0.25, 0.3) is 5.69 Å². The number of hydrogen-bond donors (Lipinski definition) is 1. The molecule has 0 unspecified atom stereocenters. The molecule has 2 aromatic carbocycles. The first kappa shape index (κ1) is 19.5. The van der Waals surface area contributed by atoms with E-state index in [1.54, 1.807) is 6.07 Å². The number of non-ortho nitro benzene ring substituents is 1. The number of rotatable bonds is 6. The van der Waals surface area contributed by atoms with Crippen molar-refractivity contribution >= 4 is 29.0 Å². The van der Waals surface area contributed by atoms with E-state index in [2.05, 4.69) is 27.6 Å². The number of benzene rings is 2. The second kappa shape index (κ2) is 8.62. The summed E-state index contributed by atoms with van der Waals surface area (Å²) in [6, 6.07) is 15.7. The van der Waals surface area contributed by atoms with Crippen molar-refractivity contribution in [1.82, 2.24) is 10.2 Å². The summed E-state index contributed by atoms with van der Waals surface area (Å²) in [6.45, 7) is 4.05. The molecule has 0 radical (unpaired) electrons. The monoisotopic (exact) mass is 394 g/mol. The van der Waals surface area contributed by atoms with Crippen molar-refractivity contribution in [2.45, 2.75) is 18.9 Å². The van der Waals surface area contributed by atoms with Crippen LogP contribution in [0.15, 0.2) is 59.6 Å². The van der Waals surface area contributed by atoms with Crippen LogP contribution in [0.5, 0.6) is 0 Å². The summed E-state index contributed by atoms with van der Waals surface area (Å²) in [7, 11) is 0. The number of aryl methyl sites for hydroxylation is 2. The van der Waals surface area contributed by atoms with E-state index in [0.717, 1.165) is 22.4 Å². The third kappa shape index (κ3) is 4.92. The summed E-state index contributed by atoms with van der Waals surface area (Å²) in [5, 5.41) is 22.5. The minimum Gasteiger partial charge on any atom is -0.325 e. The molecule has 3 rings (SSSR count). The molecule has 0 spiro atoms. The average molecular weight is 394 g/mol. The SMILES string of the molecule is Cc1ccc(C)c(-c2ccc(SCC(=O)Nc3cccc([N+](=O)[O-])c3)nn2)c1.